The zero-order valence-electron chi connectivity index (χ0n) is 19.2. The van der Waals surface area contributed by atoms with Gasteiger partial charge in [-0.15, -0.1) is 0 Å². The average molecular weight is 477 g/mol. The second-order valence-electron chi connectivity index (χ2n) is 10.2. The lowest BCUT2D eigenvalue weighted by Gasteiger charge is -2.23. The highest BCUT2D eigenvalue weighted by Gasteiger charge is 2.65. The zero-order valence-corrected chi connectivity index (χ0v) is 19.2. The summed E-state index contributed by atoms with van der Waals surface area (Å²) in [6.07, 6.45) is 0.945. The van der Waals surface area contributed by atoms with Crippen molar-refractivity contribution in [2.75, 3.05) is 13.2 Å². The molecule has 5 atom stereocenters. The van der Waals surface area contributed by atoms with Crippen molar-refractivity contribution in [1.29, 1.82) is 0 Å². The van der Waals surface area contributed by atoms with Gasteiger partial charge in [-0.2, -0.15) is 0 Å². The van der Waals surface area contributed by atoms with Gasteiger partial charge in [-0.1, -0.05) is 48.5 Å². The van der Waals surface area contributed by atoms with Crippen LogP contribution in [0.4, 0.5) is 4.79 Å². The smallest absolute Gasteiger partial charge is 0.407 e. The van der Waals surface area contributed by atoms with Crippen molar-refractivity contribution >= 4 is 18.0 Å². The molecule has 3 fully saturated rings. The molecule has 8 heteroatoms. The van der Waals surface area contributed by atoms with Crippen LogP contribution in [0.3, 0.4) is 0 Å². The van der Waals surface area contributed by atoms with Crippen LogP contribution in [0.2, 0.25) is 0 Å². The SMILES string of the molecule is O=C(NC1CCOC1C(=O)NC1CC2CC2(C(=O)O)C1)OCC1c2ccccc2-c2ccccc21. The van der Waals surface area contributed by atoms with Gasteiger partial charge in [-0.25, -0.2) is 4.79 Å². The highest BCUT2D eigenvalue weighted by atomic mass is 16.6. The summed E-state index contributed by atoms with van der Waals surface area (Å²) < 4.78 is 11.2. The number of nitrogens with one attached hydrogen (secondary N) is 2. The highest BCUT2D eigenvalue weighted by Crippen LogP contribution is 2.63. The van der Waals surface area contributed by atoms with E-state index in [1.807, 2.05) is 24.3 Å². The number of hydrogen-bond donors (Lipinski definition) is 3. The van der Waals surface area contributed by atoms with E-state index >= 15 is 0 Å². The molecular weight excluding hydrogens is 448 g/mol. The fourth-order valence-corrected chi connectivity index (χ4v) is 6.34. The van der Waals surface area contributed by atoms with Gasteiger partial charge in [0.15, 0.2) is 6.10 Å². The van der Waals surface area contributed by atoms with E-state index in [-0.39, 0.29) is 30.4 Å². The van der Waals surface area contributed by atoms with Gasteiger partial charge in [0.2, 0.25) is 0 Å². The number of aliphatic carboxylic acids is 1. The number of hydrogen-bond acceptors (Lipinski definition) is 5. The summed E-state index contributed by atoms with van der Waals surface area (Å²) >= 11 is 0. The molecule has 2 amide bonds. The topological polar surface area (TPSA) is 114 Å². The minimum Gasteiger partial charge on any atom is -0.481 e. The number of benzene rings is 2. The second kappa shape index (κ2) is 8.37. The van der Waals surface area contributed by atoms with Crippen molar-refractivity contribution in [1.82, 2.24) is 10.6 Å². The lowest BCUT2D eigenvalue weighted by atomic mass is 9.98. The number of carbonyl (C=O) groups excluding carboxylic acids is 2. The Morgan fingerprint density at radius 2 is 1.69 bits per heavy atom. The first-order chi connectivity index (χ1) is 17.0. The van der Waals surface area contributed by atoms with Crippen molar-refractivity contribution in [2.45, 2.75) is 49.8 Å². The van der Waals surface area contributed by atoms with E-state index in [1.165, 1.54) is 0 Å². The van der Waals surface area contributed by atoms with Gasteiger partial charge in [0, 0.05) is 18.6 Å². The van der Waals surface area contributed by atoms with Crippen LogP contribution < -0.4 is 10.6 Å². The van der Waals surface area contributed by atoms with Gasteiger partial charge in [0.05, 0.1) is 11.5 Å². The van der Waals surface area contributed by atoms with Gasteiger partial charge in [0.1, 0.15) is 6.61 Å². The summed E-state index contributed by atoms with van der Waals surface area (Å²) in [7, 11) is 0. The largest absolute Gasteiger partial charge is 0.481 e. The molecule has 2 saturated carbocycles. The fourth-order valence-electron chi connectivity index (χ4n) is 6.34. The Kier molecular flexibility index (Phi) is 5.29. The molecule has 1 saturated heterocycles. The molecule has 3 aliphatic carbocycles. The van der Waals surface area contributed by atoms with E-state index in [0.717, 1.165) is 22.3 Å². The maximum atomic E-state index is 12.9. The first-order valence-corrected chi connectivity index (χ1v) is 12.2. The number of ether oxygens (including phenoxy) is 2. The minimum atomic E-state index is -0.812. The third-order valence-electron chi connectivity index (χ3n) is 8.18. The van der Waals surface area contributed by atoms with E-state index in [4.69, 9.17) is 9.47 Å². The van der Waals surface area contributed by atoms with Crippen LogP contribution in [0.15, 0.2) is 48.5 Å². The first-order valence-electron chi connectivity index (χ1n) is 12.2. The van der Waals surface area contributed by atoms with E-state index in [9.17, 15) is 19.5 Å². The molecule has 0 spiro atoms. The Labute approximate surface area is 203 Å². The number of carboxylic acids is 1. The van der Waals surface area contributed by atoms with Crippen LogP contribution in [0, 0.1) is 11.3 Å². The molecule has 182 valence electrons. The van der Waals surface area contributed by atoms with Crippen molar-refractivity contribution in [3.8, 4) is 11.1 Å². The number of alkyl carbamates (subject to hydrolysis) is 1. The molecule has 35 heavy (non-hydrogen) atoms. The van der Waals surface area contributed by atoms with Crippen LogP contribution in [0.25, 0.3) is 11.1 Å². The normalized spacial score (nSPS) is 30.2. The van der Waals surface area contributed by atoms with Crippen molar-refractivity contribution < 1.29 is 29.0 Å². The van der Waals surface area contributed by atoms with Crippen molar-refractivity contribution in [3.05, 3.63) is 59.7 Å². The summed E-state index contributed by atoms with van der Waals surface area (Å²) in [6.45, 7) is 0.559. The molecule has 3 N–H and O–H groups in total. The van der Waals surface area contributed by atoms with Gasteiger partial charge >= 0.3 is 12.1 Å². The van der Waals surface area contributed by atoms with Crippen molar-refractivity contribution in [2.24, 2.45) is 11.3 Å². The molecule has 8 nitrogen and oxygen atoms in total. The third-order valence-corrected chi connectivity index (χ3v) is 8.18. The standard InChI is InChI=1S/C27H28N2O6/c30-24(28-16-11-15-12-27(15,13-16)25(31)32)23-22(9-10-34-23)29-26(33)35-14-21-19-7-3-1-5-17(19)18-6-2-4-8-20(18)21/h1-8,15-16,21-23H,9-14H2,(H,28,30)(H,29,33)(H,31,32). The summed E-state index contributed by atoms with van der Waals surface area (Å²) in [6, 6.07) is 15.6. The highest BCUT2D eigenvalue weighted by molar-refractivity contribution is 5.84. The molecule has 1 aliphatic heterocycles. The third kappa shape index (κ3) is 3.76. The predicted octanol–water partition coefficient (Wildman–Crippen LogP) is 3.05. The van der Waals surface area contributed by atoms with Gasteiger partial charge in [-0.3, -0.25) is 9.59 Å². The Hall–Kier alpha value is -3.39. The lowest BCUT2D eigenvalue weighted by molar-refractivity contribution is -0.144. The van der Waals surface area contributed by atoms with Gasteiger partial charge < -0.3 is 25.2 Å². The number of carbonyl (C=O) groups is 3. The van der Waals surface area contributed by atoms with E-state index in [0.29, 0.717) is 32.3 Å². The van der Waals surface area contributed by atoms with Gasteiger partial charge in [-0.05, 0) is 53.9 Å². The molecular formula is C27H28N2O6. The summed E-state index contributed by atoms with van der Waals surface area (Å²) in [4.78, 5) is 37.0. The Morgan fingerprint density at radius 3 is 2.34 bits per heavy atom. The maximum Gasteiger partial charge on any atom is 0.407 e. The zero-order chi connectivity index (χ0) is 24.2. The molecule has 5 unspecified atom stereocenters. The molecule has 0 radical (unpaired) electrons. The number of carboxylic acid groups (broad SMARTS) is 1. The molecule has 2 aromatic carbocycles. The van der Waals surface area contributed by atoms with E-state index in [1.54, 1.807) is 0 Å². The number of amides is 2. The second-order valence-corrected chi connectivity index (χ2v) is 10.2. The van der Waals surface area contributed by atoms with Crippen LogP contribution in [0.1, 0.15) is 42.7 Å². The van der Waals surface area contributed by atoms with Crippen LogP contribution in [0.5, 0.6) is 0 Å². The molecule has 4 aliphatic rings. The van der Waals surface area contributed by atoms with Crippen LogP contribution in [-0.4, -0.2) is 54.5 Å². The Morgan fingerprint density at radius 1 is 1.00 bits per heavy atom. The monoisotopic (exact) mass is 476 g/mol. The lowest BCUT2D eigenvalue weighted by Crippen LogP contribution is -2.50. The number of fused-ring (bicyclic) bond motifs is 4. The first kappa shape index (κ1) is 22.1. The average Bonchev–Trinajstić information content (AvgIpc) is 3.17. The molecule has 6 rings (SSSR count). The predicted molar refractivity (Wildman–Crippen MR) is 126 cm³/mol. The Bertz CT molecular complexity index is 1150. The van der Waals surface area contributed by atoms with E-state index < -0.39 is 29.6 Å². The summed E-state index contributed by atoms with van der Waals surface area (Å²) in [5.74, 6) is -0.976. The quantitative estimate of drug-likeness (QED) is 0.591. The Balaban J connectivity index is 1.05. The van der Waals surface area contributed by atoms with Gasteiger partial charge in [0.25, 0.3) is 5.91 Å². The minimum absolute atomic E-state index is 0.0394. The van der Waals surface area contributed by atoms with Crippen LogP contribution >= 0.6 is 0 Å². The molecule has 1 heterocycles. The van der Waals surface area contributed by atoms with E-state index in [2.05, 4.69) is 34.9 Å². The summed E-state index contributed by atoms with van der Waals surface area (Å²) in [5.41, 5.74) is 3.93. The maximum absolute atomic E-state index is 12.9. The molecule has 0 bridgehead atoms. The molecule has 2 aromatic rings. The van der Waals surface area contributed by atoms with Crippen molar-refractivity contribution in [3.63, 3.8) is 0 Å². The number of rotatable bonds is 6. The summed E-state index contributed by atoms with van der Waals surface area (Å²) in [5, 5.41) is 15.2. The van der Waals surface area contributed by atoms with Crippen LogP contribution in [-0.2, 0) is 19.1 Å². The molecule has 0 aromatic heterocycles. The fraction of sp³-hybridized carbons (Fsp3) is 0.444.